The van der Waals surface area contributed by atoms with E-state index in [1.165, 1.54) is 22.3 Å². The number of thiophene rings is 1. The molecule has 2 aliphatic rings. The number of carbonyl (C=O) groups excluding carboxylic acids is 3. The molecule has 4 amide bonds. The standard InChI is InChI=1S/C27H36N4O3S/c1-19(2)17-27(25(33)31(26(34)29-27)15-12-24-5-4-16-35-24)22-10-13-30(14-11-22)18-21-6-8-23(9-7-21)28-20(3)32/h4-9,16,19,22H,10-15,17-18H2,1-3H3,(H,28,32)(H,29,34). The van der Waals surface area contributed by atoms with Gasteiger partial charge in [0.25, 0.3) is 5.91 Å². The molecule has 2 N–H and O–H groups in total. The van der Waals surface area contributed by atoms with E-state index in [2.05, 4.69) is 29.4 Å². The summed E-state index contributed by atoms with van der Waals surface area (Å²) in [6.45, 7) is 8.78. The second-order valence-electron chi connectivity index (χ2n) is 10.2. The highest BCUT2D eigenvalue weighted by Crippen LogP contribution is 2.38. The van der Waals surface area contributed by atoms with Crippen molar-refractivity contribution in [1.82, 2.24) is 15.1 Å². The Bertz CT molecular complexity index is 1030. The first-order valence-electron chi connectivity index (χ1n) is 12.5. The molecule has 1 atom stereocenters. The average molecular weight is 497 g/mol. The van der Waals surface area contributed by atoms with Crippen LogP contribution in [0.2, 0.25) is 0 Å². The quantitative estimate of drug-likeness (QED) is 0.501. The van der Waals surface area contributed by atoms with E-state index in [0.717, 1.165) is 38.2 Å². The number of hydrogen-bond acceptors (Lipinski definition) is 5. The monoisotopic (exact) mass is 496 g/mol. The predicted molar refractivity (Wildman–Crippen MR) is 139 cm³/mol. The largest absolute Gasteiger partial charge is 0.326 e. The fourth-order valence-corrected chi connectivity index (χ4v) is 6.19. The van der Waals surface area contributed by atoms with Crippen LogP contribution in [-0.4, -0.2) is 52.8 Å². The minimum absolute atomic E-state index is 0.0419. The minimum Gasteiger partial charge on any atom is -0.326 e. The van der Waals surface area contributed by atoms with Gasteiger partial charge in [-0.05, 0) is 79.8 Å². The molecule has 0 spiro atoms. The highest BCUT2D eigenvalue weighted by atomic mass is 32.1. The molecule has 0 saturated carbocycles. The van der Waals surface area contributed by atoms with E-state index in [1.54, 1.807) is 11.3 Å². The van der Waals surface area contributed by atoms with Gasteiger partial charge in [0.05, 0.1) is 0 Å². The maximum absolute atomic E-state index is 13.7. The lowest BCUT2D eigenvalue weighted by molar-refractivity contribution is -0.134. The van der Waals surface area contributed by atoms with Gasteiger partial charge in [0, 0.05) is 30.6 Å². The van der Waals surface area contributed by atoms with Gasteiger partial charge in [0.2, 0.25) is 5.91 Å². The van der Waals surface area contributed by atoms with E-state index in [0.29, 0.717) is 25.3 Å². The Balaban J connectivity index is 1.39. The topological polar surface area (TPSA) is 81.8 Å². The highest BCUT2D eigenvalue weighted by molar-refractivity contribution is 7.09. The SMILES string of the molecule is CC(=O)Nc1ccc(CN2CCC(C3(CC(C)C)NC(=O)N(CCc4cccs4)C3=O)CC2)cc1. The van der Waals surface area contributed by atoms with Gasteiger partial charge < -0.3 is 10.6 Å². The number of amides is 4. The molecule has 0 radical (unpaired) electrons. The van der Waals surface area contributed by atoms with Crippen LogP contribution in [0.15, 0.2) is 41.8 Å². The third-order valence-electron chi connectivity index (χ3n) is 7.06. The summed E-state index contributed by atoms with van der Waals surface area (Å²) in [4.78, 5) is 42.9. The number of nitrogens with one attached hydrogen (secondary N) is 2. The third kappa shape index (κ3) is 5.93. The van der Waals surface area contributed by atoms with Crippen molar-refractivity contribution in [3.63, 3.8) is 0 Å². The Morgan fingerprint density at radius 1 is 1.17 bits per heavy atom. The fourth-order valence-electron chi connectivity index (χ4n) is 5.49. The van der Waals surface area contributed by atoms with Crippen LogP contribution in [0.25, 0.3) is 0 Å². The lowest BCUT2D eigenvalue weighted by Crippen LogP contribution is -2.56. The number of piperidine rings is 1. The molecule has 1 unspecified atom stereocenters. The Labute approximate surface area is 211 Å². The van der Waals surface area contributed by atoms with Crippen molar-refractivity contribution >= 4 is 34.9 Å². The molecule has 2 aliphatic heterocycles. The molecule has 2 aromatic rings. The van der Waals surface area contributed by atoms with Crippen LogP contribution in [0.1, 0.15) is 50.5 Å². The summed E-state index contributed by atoms with van der Waals surface area (Å²) in [7, 11) is 0. The van der Waals surface area contributed by atoms with Crippen LogP contribution in [-0.2, 0) is 22.6 Å². The van der Waals surface area contributed by atoms with E-state index in [4.69, 9.17) is 0 Å². The first kappa shape index (κ1) is 25.4. The molecule has 3 heterocycles. The molecule has 4 rings (SSSR count). The zero-order valence-electron chi connectivity index (χ0n) is 20.9. The van der Waals surface area contributed by atoms with E-state index in [1.807, 2.05) is 41.8 Å². The summed E-state index contributed by atoms with van der Waals surface area (Å²) in [6, 6.07) is 11.8. The van der Waals surface area contributed by atoms with E-state index in [9.17, 15) is 14.4 Å². The molecule has 7 nitrogen and oxygen atoms in total. The Kier molecular flexibility index (Phi) is 7.91. The number of carbonyl (C=O) groups is 3. The average Bonchev–Trinajstić information content (AvgIpc) is 3.40. The Morgan fingerprint density at radius 3 is 2.49 bits per heavy atom. The molecule has 1 aromatic heterocycles. The fraction of sp³-hybridized carbons (Fsp3) is 0.519. The summed E-state index contributed by atoms with van der Waals surface area (Å²) in [5.41, 5.74) is 1.20. The molecule has 1 aromatic carbocycles. The van der Waals surface area contributed by atoms with Crippen molar-refractivity contribution in [3.05, 3.63) is 52.2 Å². The van der Waals surface area contributed by atoms with E-state index < -0.39 is 5.54 Å². The first-order chi connectivity index (χ1) is 16.8. The van der Waals surface area contributed by atoms with Crippen molar-refractivity contribution in [1.29, 1.82) is 0 Å². The smallest absolute Gasteiger partial charge is 0.325 e. The molecule has 0 bridgehead atoms. The third-order valence-corrected chi connectivity index (χ3v) is 8.00. The Hall–Kier alpha value is -2.71. The molecule has 2 saturated heterocycles. The molecule has 2 fully saturated rings. The molecule has 188 valence electrons. The summed E-state index contributed by atoms with van der Waals surface area (Å²) in [5, 5.41) is 7.99. The molecule has 0 aliphatic carbocycles. The van der Waals surface area contributed by atoms with Crippen LogP contribution >= 0.6 is 11.3 Å². The van der Waals surface area contributed by atoms with Crippen LogP contribution < -0.4 is 10.6 Å². The van der Waals surface area contributed by atoms with Crippen molar-refractivity contribution < 1.29 is 14.4 Å². The van der Waals surface area contributed by atoms with E-state index in [-0.39, 0.29) is 23.8 Å². The normalized spacial score (nSPS) is 21.5. The summed E-state index contributed by atoms with van der Waals surface area (Å²) in [6.07, 6.45) is 3.12. The van der Waals surface area contributed by atoms with Crippen molar-refractivity contribution in [2.75, 3.05) is 25.0 Å². The zero-order valence-corrected chi connectivity index (χ0v) is 21.7. The number of hydrogen-bond donors (Lipinski definition) is 2. The number of benzene rings is 1. The van der Waals surface area contributed by atoms with Gasteiger partial charge in [-0.1, -0.05) is 32.0 Å². The van der Waals surface area contributed by atoms with Gasteiger partial charge in [-0.15, -0.1) is 11.3 Å². The van der Waals surface area contributed by atoms with Gasteiger partial charge >= 0.3 is 6.03 Å². The van der Waals surface area contributed by atoms with Gasteiger partial charge in [0.15, 0.2) is 0 Å². The van der Waals surface area contributed by atoms with Crippen LogP contribution in [0.4, 0.5) is 10.5 Å². The molecular formula is C27H36N4O3S. The van der Waals surface area contributed by atoms with Gasteiger partial charge in [-0.2, -0.15) is 0 Å². The second-order valence-corrected chi connectivity index (χ2v) is 11.2. The maximum Gasteiger partial charge on any atom is 0.325 e. The Morgan fingerprint density at radius 2 is 1.89 bits per heavy atom. The molecule has 35 heavy (non-hydrogen) atoms. The zero-order chi connectivity index (χ0) is 25.0. The second kappa shape index (κ2) is 10.9. The predicted octanol–water partition coefficient (Wildman–Crippen LogP) is 4.50. The van der Waals surface area contributed by atoms with Gasteiger partial charge in [0.1, 0.15) is 5.54 Å². The summed E-state index contributed by atoms with van der Waals surface area (Å²) in [5.74, 6) is 0.316. The van der Waals surface area contributed by atoms with Gasteiger partial charge in [-0.3, -0.25) is 19.4 Å². The highest BCUT2D eigenvalue weighted by Gasteiger charge is 2.55. The van der Waals surface area contributed by atoms with Gasteiger partial charge in [-0.25, -0.2) is 4.79 Å². The molecule has 8 heteroatoms. The first-order valence-corrected chi connectivity index (χ1v) is 13.4. The summed E-state index contributed by atoms with van der Waals surface area (Å²) >= 11 is 1.66. The van der Waals surface area contributed by atoms with Crippen molar-refractivity contribution in [2.24, 2.45) is 11.8 Å². The van der Waals surface area contributed by atoms with Crippen LogP contribution in [0.5, 0.6) is 0 Å². The van der Waals surface area contributed by atoms with Crippen molar-refractivity contribution in [3.8, 4) is 0 Å². The number of likely N-dealkylation sites (tertiary alicyclic amines) is 1. The number of rotatable bonds is 9. The number of nitrogens with zero attached hydrogens (tertiary/aromatic N) is 2. The van der Waals surface area contributed by atoms with Crippen molar-refractivity contribution in [2.45, 2.75) is 58.5 Å². The lowest BCUT2D eigenvalue weighted by Gasteiger charge is -2.41. The minimum atomic E-state index is -0.799. The number of anilines is 1. The number of imide groups is 1. The summed E-state index contributed by atoms with van der Waals surface area (Å²) < 4.78 is 0. The van der Waals surface area contributed by atoms with Crippen LogP contribution in [0, 0.1) is 11.8 Å². The lowest BCUT2D eigenvalue weighted by atomic mass is 9.73. The maximum atomic E-state index is 13.7. The van der Waals surface area contributed by atoms with E-state index >= 15 is 0 Å². The van der Waals surface area contributed by atoms with Crippen LogP contribution in [0.3, 0.4) is 0 Å². The number of urea groups is 1. The molecular weight excluding hydrogens is 460 g/mol.